The summed E-state index contributed by atoms with van der Waals surface area (Å²) in [5.74, 6) is 1.42. The van der Waals surface area contributed by atoms with E-state index in [1.165, 1.54) is 22.0 Å². The maximum atomic E-state index is 3.56. The van der Waals surface area contributed by atoms with Gasteiger partial charge in [0.2, 0.25) is 0 Å². The molecule has 2 unspecified atom stereocenters. The lowest BCUT2D eigenvalue weighted by Gasteiger charge is -2.15. The molecule has 1 aromatic rings. The third-order valence-electron chi connectivity index (χ3n) is 3.47. The van der Waals surface area contributed by atoms with E-state index in [1.807, 2.05) is 0 Å². The Morgan fingerprint density at radius 3 is 2.67 bits per heavy atom. The third-order valence-corrected chi connectivity index (χ3v) is 3.96. The average molecular weight is 268 g/mol. The van der Waals surface area contributed by atoms with Crippen molar-refractivity contribution in [3.63, 3.8) is 0 Å². The molecule has 1 nitrogen and oxygen atoms in total. The number of fused-ring (bicyclic) bond motifs is 1. The zero-order valence-electron chi connectivity index (χ0n) is 9.55. The number of rotatable bonds is 2. The molecule has 2 rings (SSSR count). The Morgan fingerprint density at radius 2 is 2.07 bits per heavy atom. The molecule has 0 saturated heterocycles. The first-order valence-electron chi connectivity index (χ1n) is 5.60. The average Bonchev–Trinajstić information content (AvgIpc) is 2.55. The number of benzene rings is 1. The molecule has 2 heteroatoms. The highest BCUT2D eigenvalue weighted by Crippen LogP contribution is 2.44. The number of hydrogen-bond donors (Lipinski definition) is 1. The number of hydrogen-bond acceptors (Lipinski definition) is 1. The molecular formula is C13H18BrN. The van der Waals surface area contributed by atoms with Crippen molar-refractivity contribution in [3.05, 3.63) is 33.8 Å². The molecule has 1 N–H and O–H groups in total. The molecule has 15 heavy (non-hydrogen) atoms. The standard InChI is InChI=1S/C13H18BrN/c1-8(2)11-7-13(15-3)10-5-4-9(14)6-12(10)11/h4-6,8,11,13,15H,7H2,1-3H3. The first kappa shape index (κ1) is 11.2. The van der Waals surface area contributed by atoms with Gasteiger partial charge in [-0.05, 0) is 48.6 Å². The predicted molar refractivity (Wildman–Crippen MR) is 68.1 cm³/mol. The van der Waals surface area contributed by atoms with E-state index in [2.05, 4.69) is 60.3 Å². The SMILES string of the molecule is CNC1CC(C(C)C)c2cc(Br)ccc21. The van der Waals surface area contributed by atoms with Crippen molar-refractivity contribution >= 4 is 15.9 Å². The first-order valence-corrected chi connectivity index (χ1v) is 6.39. The van der Waals surface area contributed by atoms with Crippen LogP contribution in [0.3, 0.4) is 0 Å². The maximum absolute atomic E-state index is 3.56. The van der Waals surface area contributed by atoms with Crippen LogP contribution in [0.4, 0.5) is 0 Å². The smallest absolute Gasteiger partial charge is 0.0326 e. The van der Waals surface area contributed by atoms with Crippen molar-refractivity contribution in [2.75, 3.05) is 7.05 Å². The summed E-state index contributed by atoms with van der Waals surface area (Å²) in [7, 11) is 2.05. The van der Waals surface area contributed by atoms with Crippen LogP contribution in [0.25, 0.3) is 0 Å². The van der Waals surface area contributed by atoms with Crippen molar-refractivity contribution in [3.8, 4) is 0 Å². The molecule has 0 radical (unpaired) electrons. The monoisotopic (exact) mass is 267 g/mol. The molecule has 1 aliphatic rings. The number of nitrogens with one attached hydrogen (secondary N) is 1. The fourth-order valence-corrected chi connectivity index (χ4v) is 2.98. The molecular weight excluding hydrogens is 250 g/mol. The van der Waals surface area contributed by atoms with Crippen molar-refractivity contribution in [1.29, 1.82) is 0 Å². The molecule has 0 saturated carbocycles. The van der Waals surface area contributed by atoms with E-state index in [1.54, 1.807) is 0 Å². The molecule has 0 spiro atoms. The largest absolute Gasteiger partial charge is 0.313 e. The van der Waals surface area contributed by atoms with Crippen molar-refractivity contribution in [2.45, 2.75) is 32.2 Å². The molecule has 82 valence electrons. The maximum Gasteiger partial charge on any atom is 0.0326 e. The van der Waals surface area contributed by atoms with Gasteiger partial charge in [-0.2, -0.15) is 0 Å². The van der Waals surface area contributed by atoms with Crippen molar-refractivity contribution < 1.29 is 0 Å². The van der Waals surface area contributed by atoms with Crippen LogP contribution in [0.5, 0.6) is 0 Å². The third kappa shape index (κ3) is 1.98. The first-order chi connectivity index (χ1) is 7.13. The van der Waals surface area contributed by atoms with E-state index >= 15 is 0 Å². The Bertz CT molecular complexity index is 360. The second-order valence-electron chi connectivity index (χ2n) is 4.70. The normalized spacial score (nSPS) is 24.6. The minimum Gasteiger partial charge on any atom is -0.313 e. The lowest BCUT2D eigenvalue weighted by Crippen LogP contribution is -2.13. The van der Waals surface area contributed by atoms with E-state index < -0.39 is 0 Å². The fourth-order valence-electron chi connectivity index (χ4n) is 2.60. The highest BCUT2D eigenvalue weighted by molar-refractivity contribution is 9.10. The molecule has 2 atom stereocenters. The lowest BCUT2D eigenvalue weighted by molar-refractivity contribution is 0.445. The van der Waals surface area contributed by atoms with E-state index in [9.17, 15) is 0 Å². The van der Waals surface area contributed by atoms with E-state index in [0.717, 1.165) is 5.92 Å². The van der Waals surface area contributed by atoms with Gasteiger partial charge in [0.15, 0.2) is 0 Å². The fraction of sp³-hybridized carbons (Fsp3) is 0.538. The molecule has 1 aromatic carbocycles. The van der Waals surface area contributed by atoms with Crippen LogP contribution in [0.2, 0.25) is 0 Å². The van der Waals surface area contributed by atoms with Gasteiger partial charge in [-0.1, -0.05) is 35.8 Å². The van der Waals surface area contributed by atoms with Gasteiger partial charge >= 0.3 is 0 Å². The van der Waals surface area contributed by atoms with Crippen molar-refractivity contribution in [2.24, 2.45) is 5.92 Å². The Morgan fingerprint density at radius 1 is 1.33 bits per heavy atom. The molecule has 0 heterocycles. The van der Waals surface area contributed by atoms with Gasteiger partial charge in [-0.15, -0.1) is 0 Å². The quantitative estimate of drug-likeness (QED) is 0.859. The Hall–Kier alpha value is -0.340. The summed E-state index contributed by atoms with van der Waals surface area (Å²) in [5.41, 5.74) is 3.01. The van der Waals surface area contributed by atoms with E-state index in [0.29, 0.717) is 12.0 Å². The van der Waals surface area contributed by atoms with Gasteiger partial charge in [0.05, 0.1) is 0 Å². The minimum atomic E-state index is 0.542. The molecule has 0 aromatic heterocycles. The van der Waals surface area contributed by atoms with Crippen LogP contribution in [0.15, 0.2) is 22.7 Å². The predicted octanol–water partition coefficient (Wildman–Crippen LogP) is 3.85. The van der Waals surface area contributed by atoms with Crippen LogP contribution in [0, 0.1) is 5.92 Å². The lowest BCUT2D eigenvalue weighted by atomic mass is 9.90. The summed E-state index contributed by atoms with van der Waals surface area (Å²) in [6.07, 6.45) is 1.24. The van der Waals surface area contributed by atoms with Gasteiger partial charge in [0.25, 0.3) is 0 Å². The zero-order chi connectivity index (χ0) is 11.0. The van der Waals surface area contributed by atoms with Crippen LogP contribution in [0.1, 0.15) is 43.4 Å². The minimum absolute atomic E-state index is 0.542. The highest BCUT2D eigenvalue weighted by Gasteiger charge is 2.31. The second kappa shape index (κ2) is 4.26. The Balaban J connectivity index is 2.43. The van der Waals surface area contributed by atoms with Crippen LogP contribution in [-0.2, 0) is 0 Å². The van der Waals surface area contributed by atoms with Gasteiger partial charge < -0.3 is 5.32 Å². The van der Waals surface area contributed by atoms with E-state index in [-0.39, 0.29) is 0 Å². The summed E-state index contributed by atoms with van der Waals surface area (Å²) in [5, 5.41) is 3.41. The summed E-state index contributed by atoms with van der Waals surface area (Å²) in [6.45, 7) is 4.63. The summed E-state index contributed by atoms with van der Waals surface area (Å²) >= 11 is 3.56. The van der Waals surface area contributed by atoms with E-state index in [4.69, 9.17) is 0 Å². The van der Waals surface area contributed by atoms with Gasteiger partial charge in [0.1, 0.15) is 0 Å². The van der Waals surface area contributed by atoms with Crippen LogP contribution < -0.4 is 5.32 Å². The van der Waals surface area contributed by atoms with Crippen LogP contribution in [-0.4, -0.2) is 7.05 Å². The topological polar surface area (TPSA) is 12.0 Å². The molecule has 0 bridgehead atoms. The van der Waals surface area contributed by atoms with Crippen LogP contribution >= 0.6 is 15.9 Å². The molecule has 0 aliphatic heterocycles. The van der Waals surface area contributed by atoms with Gasteiger partial charge in [-0.25, -0.2) is 0 Å². The molecule has 0 fully saturated rings. The molecule has 1 aliphatic carbocycles. The Labute approximate surface area is 100 Å². The molecule has 0 amide bonds. The summed E-state index contributed by atoms with van der Waals surface area (Å²) in [4.78, 5) is 0. The number of halogens is 1. The van der Waals surface area contributed by atoms with Crippen molar-refractivity contribution in [1.82, 2.24) is 5.32 Å². The highest BCUT2D eigenvalue weighted by atomic mass is 79.9. The summed E-state index contributed by atoms with van der Waals surface area (Å²) < 4.78 is 1.20. The Kier molecular flexibility index (Phi) is 3.17. The summed E-state index contributed by atoms with van der Waals surface area (Å²) in [6, 6.07) is 7.23. The second-order valence-corrected chi connectivity index (χ2v) is 5.62. The van der Waals surface area contributed by atoms with Gasteiger partial charge in [-0.3, -0.25) is 0 Å². The zero-order valence-corrected chi connectivity index (χ0v) is 11.1. The van der Waals surface area contributed by atoms with Gasteiger partial charge in [0, 0.05) is 10.5 Å².